The van der Waals surface area contributed by atoms with Crippen LogP contribution in [0.1, 0.15) is 104 Å². The first-order valence-electron chi connectivity index (χ1n) is 11.1. The molecule has 154 valence electrons. The van der Waals surface area contributed by atoms with Gasteiger partial charge < -0.3 is 9.84 Å². The lowest BCUT2D eigenvalue weighted by Gasteiger charge is -2.23. The maximum Gasteiger partial charge on any atom is 0.305 e. The van der Waals surface area contributed by atoms with Gasteiger partial charge in [0.2, 0.25) is 0 Å². The van der Waals surface area contributed by atoms with Crippen LogP contribution in [0.25, 0.3) is 0 Å². The Bertz CT molecular complexity index is 361. The van der Waals surface area contributed by atoms with Crippen molar-refractivity contribution in [2.45, 2.75) is 115 Å². The SMILES string of the molecule is CCCCCC(S)CC[C@H]1CC[C@H](O)[C@@H]1CCCCCCC(=O)OCC. The molecule has 0 aromatic carbocycles. The van der Waals surface area contributed by atoms with Gasteiger partial charge in [-0.1, -0.05) is 45.4 Å². The third-order valence-corrected chi connectivity index (χ3v) is 6.43. The van der Waals surface area contributed by atoms with E-state index in [4.69, 9.17) is 17.4 Å². The fourth-order valence-electron chi connectivity index (χ4n) is 4.33. The third kappa shape index (κ3) is 10.2. The van der Waals surface area contributed by atoms with Crippen molar-refractivity contribution in [3.8, 4) is 0 Å². The van der Waals surface area contributed by atoms with Gasteiger partial charge in [-0.05, 0) is 63.7 Å². The van der Waals surface area contributed by atoms with Gasteiger partial charge in [0.1, 0.15) is 0 Å². The number of rotatable bonds is 15. The molecule has 0 aromatic rings. The number of carbonyl (C=O) groups excluding carboxylic acids is 1. The molecule has 1 rings (SSSR count). The van der Waals surface area contributed by atoms with Gasteiger partial charge in [-0.2, -0.15) is 12.6 Å². The quantitative estimate of drug-likeness (QED) is 0.208. The topological polar surface area (TPSA) is 46.5 Å². The molecule has 0 radical (unpaired) electrons. The molecule has 0 bridgehead atoms. The average molecular weight is 387 g/mol. The Kier molecular flexibility index (Phi) is 13.5. The summed E-state index contributed by atoms with van der Waals surface area (Å²) in [6, 6.07) is 0. The highest BCUT2D eigenvalue weighted by atomic mass is 32.1. The molecule has 3 nitrogen and oxygen atoms in total. The zero-order chi connectivity index (χ0) is 19.2. The van der Waals surface area contributed by atoms with E-state index in [1.165, 1.54) is 51.4 Å². The molecule has 1 fully saturated rings. The number of hydrogen-bond acceptors (Lipinski definition) is 4. The molecule has 1 saturated carbocycles. The average Bonchev–Trinajstić information content (AvgIpc) is 2.96. The van der Waals surface area contributed by atoms with Crippen molar-refractivity contribution >= 4 is 18.6 Å². The molecular weight excluding hydrogens is 344 g/mol. The second-order valence-corrected chi connectivity index (χ2v) is 8.78. The molecule has 1 aliphatic carbocycles. The Morgan fingerprint density at radius 1 is 1.04 bits per heavy atom. The molecule has 0 spiro atoms. The van der Waals surface area contributed by atoms with Crippen molar-refractivity contribution in [3.63, 3.8) is 0 Å². The Balaban J connectivity index is 2.15. The number of esters is 1. The van der Waals surface area contributed by atoms with Gasteiger partial charge in [-0.15, -0.1) is 0 Å². The summed E-state index contributed by atoms with van der Waals surface area (Å²) < 4.78 is 4.96. The molecule has 4 atom stereocenters. The number of unbranched alkanes of at least 4 members (excludes halogenated alkanes) is 5. The maximum absolute atomic E-state index is 11.3. The van der Waals surface area contributed by atoms with Gasteiger partial charge in [0.25, 0.3) is 0 Å². The summed E-state index contributed by atoms with van der Waals surface area (Å²) in [5, 5.41) is 10.9. The monoisotopic (exact) mass is 386 g/mol. The van der Waals surface area contributed by atoms with Crippen molar-refractivity contribution < 1.29 is 14.6 Å². The summed E-state index contributed by atoms with van der Waals surface area (Å²) >= 11 is 4.77. The van der Waals surface area contributed by atoms with Gasteiger partial charge in [0.15, 0.2) is 0 Å². The van der Waals surface area contributed by atoms with E-state index in [-0.39, 0.29) is 12.1 Å². The minimum absolute atomic E-state index is 0.0703. The van der Waals surface area contributed by atoms with Crippen molar-refractivity contribution in [1.82, 2.24) is 0 Å². The summed E-state index contributed by atoms with van der Waals surface area (Å²) in [6.07, 6.45) is 15.6. The highest BCUT2D eigenvalue weighted by Crippen LogP contribution is 2.39. The van der Waals surface area contributed by atoms with E-state index in [2.05, 4.69) is 6.92 Å². The molecule has 1 unspecified atom stereocenters. The van der Waals surface area contributed by atoms with E-state index in [0.29, 0.717) is 30.1 Å². The highest BCUT2D eigenvalue weighted by Gasteiger charge is 2.34. The first-order valence-corrected chi connectivity index (χ1v) is 11.6. The van der Waals surface area contributed by atoms with Crippen LogP contribution >= 0.6 is 12.6 Å². The zero-order valence-electron chi connectivity index (χ0n) is 17.1. The second kappa shape index (κ2) is 14.8. The van der Waals surface area contributed by atoms with E-state index in [1.54, 1.807) is 0 Å². The molecular formula is C22H42O3S. The van der Waals surface area contributed by atoms with E-state index in [1.807, 2.05) is 6.92 Å². The number of aliphatic hydroxyl groups excluding tert-OH is 1. The van der Waals surface area contributed by atoms with Gasteiger partial charge in [0.05, 0.1) is 12.7 Å². The van der Waals surface area contributed by atoms with E-state index >= 15 is 0 Å². The summed E-state index contributed by atoms with van der Waals surface area (Å²) in [5.41, 5.74) is 0. The lowest BCUT2D eigenvalue weighted by atomic mass is 9.85. The third-order valence-electron chi connectivity index (χ3n) is 5.92. The van der Waals surface area contributed by atoms with Gasteiger partial charge >= 0.3 is 5.97 Å². The predicted octanol–water partition coefficient (Wildman–Crippen LogP) is 5.94. The molecule has 26 heavy (non-hydrogen) atoms. The lowest BCUT2D eigenvalue weighted by Crippen LogP contribution is -2.20. The van der Waals surface area contributed by atoms with Crippen molar-refractivity contribution in [1.29, 1.82) is 0 Å². The zero-order valence-corrected chi connectivity index (χ0v) is 18.0. The minimum Gasteiger partial charge on any atom is -0.466 e. The number of aliphatic hydroxyl groups is 1. The van der Waals surface area contributed by atoms with E-state index in [0.717, 1.165) is 32.1 Å². The predicted molar refractivity (Wildman–Crippen MR) is 113 cm³/mol. The Labute approximate surface area is 167 Å². The molecule has 0 aromatic heterocycles. The fourth-order valence-corrected chi connectivity index (χ4v) is 4.66. The highest BCUT2D eigenvalue weighted by molar-refractivity contribution is 7.80. The standard InChI is InChI=1S/C22H42O3S/c1-3-5-8-11-19(26)16-14-18-15-17-21(23)20(18)12-9-6-7-10-13-22(24)25-4-2/h18-21,23,26H,3-17H2,1-2H3/t18-,19?,20+,21-/m0/s1. The van der Waals surface area contributed by atoms with Crippen LogP contribution in [-0.2, 0) is 9.53 Å². The van der Waals surface area contributed by atoms with Crippen LogP contribution in [0.4, 0.5) is 0 Å². The summed E-state index contributed by atoms with van der Waals surface area (Å²) in [4.78, 5) is 11.3. The molecule has 0 saturated heterocycles. The second-order valence-electron chi connectivity index (χ2n) is 8.05. The summed E-state index contributed by atoms with van der Waals surface area (Å²) in [6.45, 7) is 4.57. The van der Waals surface area contributed by atoms with E-state index < -0.39 is 0 Å². The van der Waals surface area contributed by atoms with E-state index in [9.17, 15) is 9.90 Å². The van der Waals surface area contributed by atoms with Gasteiger partial charge in [0, 0.05) is 11.7 Å². The lowest BCUT2D eigenvalue weighted by molar-refractivity contribution is -0.143. The van der Waals surface area contributed by atoms with Gasteiger partial charge in [-0.25, -0.2) is 0 Å². The number of carbonyl (C=O) groups is 1. The molecule has 1 aliphatic rings. The van der Waals surface area contributed by atoms with Crippen LogP contribution in [0.5, 0.6) is 0 Å². The Hall–Kier alpha value is -0.220. The van der Waals surface area contributed by atoms with Crippen LogP contribution in [0, 0.1) is 11.8 Å². The Morgan fingerprint density at radius 3 is 2.54 bits per heavy atom. The number of hydrogen-bond donors (Lipinski definition) is 2. The van der Waals surface area contributed by atoms with Crippen molar-refractivity contribution in [2.24, 2.45) is 11.8 Å². The van der Waals surface area contributed by atoms with Crippen molar-refractivity contribution in [2.75, 3.05) is 6.61 Å². The van der Waals surface area contributed by atoms with Crippen LogP contribution in [0.15, 0.2) is 0 Å². The number of thiol groups is 1. The fraction of sp³-hybridized carbons (Fsp3) is 0.955. The molecule has 1 N–H and O–H groups in total. The first kappa shape index (κ1) is 23.8. The largest absolute Gasteiger partial charge is 0.466 e. The maximum atomic E-state index is 11.3. The van der Waals surface area contributed by atoms with Crippen molar-refractivity contribution in [3.05, 3.63) is 0 Å². The summed E-state index contributed by atoms with van der Waals surface area (Å²) in [7, 11) is 0. The summed E-state index contributed by atoms with van der Waals surface area (Å²) in [5.74, 6) is 1.10. The molecule has 4 heteroatoms. The van der Waals surface area contributed by atoms with Crippen LogP contribution in [-0.4, -0.2) is 29.0 Å². The van der Waals surface area contributed by atoms with Gasteiger partial charge in [-0.3, -0.25) is 4.79 Å². The smallest absolute Gasteiger partial charge is 0.305 e. The van der Waals surface area contributed by atoms with Crippen LogP contribution < -0.4 is 0 Å². The normalized spacial score (nSPS) is 23.9. The number of ether oxygens (including phenoxy) is 1. The minimum atomic E-state index is -0.0991. The molecule has 0 aliphatic heterocycles. The Morgan fingerprint density at radius 2 is 1.81 bits per heavy atom. The van der Waals surface area contributed by atoms with Crippen LogP contribution in [0.3, 0.4) is 0 Å². The first-order chi connectivity index (χ1) is 12.6. The molecule has 0 amide bonds. The molecule has 0 heterocycles. The van der Waals surface area contributed by atoms with Crippen LogP contribution in [0.2, 0.25) is 0 Å².